The molecule has 1 aliphatic carbocycles. The van der Waals surface area contributed by atoms with Crippen LogP contribution in [-0.2, 0) is 19.4 Å². The zero-order valence-corrected chi connectivity index (χ0v) is 12.8. The third-order valence-corrected chi connectivity index (χ3v) is 5.04. The number of halogens is 1. The summed E-state index contributed by atoms with van der Waals surface area (Å²) in [5.41, 5.74) is -0.0310. The molecule has 112 valence electrons. The maximum absolute atomic E-state index is 12.5. The van der Waals surface area contributed by atoms with Gasteiger partial charge in [0.25, 0.3) is 0 Å². The summed E-state index contributed by atoms with van der Waals surface area (Å²) < 4.78 is 23.4. The molecule has 0 amide bonds. The molecule has 0 aliphatic heterocycles. The van der Waals surface area contributed by atoms with Crippen LogP contribution in [0, 0.1) is 5.92 Å². The average Bonchev–Trinajstić information content (AvgIpc) is 2.43. The summed E-state index contributed by atoms with van der Waals surface area (Å²) in [7, 11) is -3.59. The minimum Gasteiger partial charge on any atom is -0.298 e. The molecule has 1 aromatic rings. The molecule has 1 aromatic carbocycles. The third-order valence-electron chi connectivity index (χ3n) is 3.42. The highest BCUT2D eigenvalue weighted by molar-refractivity contribution is 7.90. The predicted molar refractivity (Wildman–Crippen MR) is 76.3 cm³/mol. The predicted octanol–water partition coefficient (Wildman–Crippen LogP) is 1.43. The fourth-order valence-electron chi connectivity index (χ4n) is 2.33. The summed E-state index contributed by atoms with van der Waals surface area (Å²) in [6.07, 6.45) is 1.10. The largest absolute Gasteiger partial charge is 0.298 e. The molecule has 1 fully saturated rings. The van der Waals surface area contributed by atoms with Crippen LogP contribution >= 0.6 is 11.6 Å². The molecule has 2 unspecified atom stereocenters. The molecule has 0 N–H and O–H groups in total. The Morgan fingerprint density at radius 1 is 1.24 bits per heavy atom. The van der Waals surface area contributed by atoms with Gasteiger partial charge in [0.1, 0.15) is 0 Å². The molecule has 1 aliphatic rings. The molecule has 0 radical (unpaired) electrons. The second kappa shape index (κ2) is 5.69. The van der Waals surface area contributed by atoms with Crippen molar-refractivity contribution in [2.75, 3.05) is 6.26 Å². The number of hydrogen-bond acceptors (Lipinski definition) is 5. The summed E-state index contributed by atoms with van der Waals surface area (Å²) in [4.78, 5) is 35.7. The van der Waals surface area contributed by atoms with E-state index < -0.39 is 38.5 Å². The molecular weight excluding hydrogens is 316 g/mol. The van der Waals surface area contributed by atoms with E-state index in [9.17, 15) is 22.8 Å². The van der Waals surface area contributed by atoms with Gasteiger partial charge in [-0.1, -0.05) is 18.2 Å². The maximum Gasteiger partial charge on any atom is 0.176 e. The van der Waals surface area contributed by atoms with Crippen molar-refractivity contribution in [3.05, 3.63) is 29.8 Å². The lowest BCUT2D eigenvalue weighted by Crippen LogP contribution is -2.40. The van der Waals surface area contributed by atoms with Crippen molar-refractivity contribution in [2.45, 2.75) is 23.1 Å². The highest BCUT2D eigenvalue weighted by Crippen LogP contribution is 2.28. The lowest BCUT2D eigenvalue weighted by molar-refractivity contribution is -0.130. The van der Waals surface area contributed by atoms with Crippen LogP contribution in [0.3, 0.4) is 0 Å². The van der Waals surface area contributed by atoms with Crippen LogP contribution in [0.25, 0.3) is 0 Å². The van der Waals surface area contributed by atoms with Crippen molar-refractivity contribution < 1.29 is 22.8 Å². The molecule has 7 heteroatoms. The van der Waals surface area contributed by atoms with E-state index in [4.69, 9.17) is 11.6 Å². The Balaban J connectivity index is 2.42. The van der Waals surface area contributed by atoms with Crippen LogP contribution in [0.1, 0.15) is 23.2 Å². The number of sulfone groups is 1. The summed E-state index contributed by atoms with van der Waals surface area (Å²) in [6.45, 7) is 0. The molecule has 0 heterocycles. The van der Waals surface area contributed by atoms with Gasteiger partial charge in [0.2, 0.25) is 0 Å². The molecule has 2 rings (SSSR count). The van der Waals surface area contributed by atoms with E-state index in [-0.39, 0.29) is 23.3 Å². The molecule has 0 spiro atoms. The fourth-order valence-corrected chi connectivity index (χ4v) is 3.49. The van der Waals surface area contributed by atoms with Crippen molar-refractivity contribution in [1.82, 2.24) is 0 Å². The van der Waals surface area contributed by atoms with E-state index in [1.165, 1.54) is 24.3 Å². The molecule has 5 nitrogen and oxygen atoms in total. The van der Waals surface area contributed by atoms with Gasteiger partial charge in [0.05, 0.1) is 10.8 Å². The lowest BCUT2D eigenvalue weighted by atomic mass is 9.82. The number of rotatable bonds is 3. The topological polar surface area (TPSA) is 85.3 Å². The number of alkyl halides is 1. The Labute approximate surface area is 127 Å². The van der Waals surface area contributed by atoms with Crippen LogP contribution in [0.2, 0.25) is 0 Å². The highest BCUT2D eigenvalue weighted by atomic mass is 35.5. The zero-order chi connectivity index (χ0) is 15.8. The van der Waals surface area contributed by atoms with Crippen molar-refractivity contribution in [2.24, 2.45) is 5.92 Å². The van der Waals surface area contributed by atoms with Crippen molar-refractivity contribution in [1.29, 1.82) is 0 Å². The summed E-state index contributed by atoms with van der Waals surface area (Å²) >= 11 is 5.70. The van der Waals surface area contributed by atoms with E-state index in [1.54, 1.807) is 0 Å². The van der Waals surface area contributed by atoms with Gasteiger partial charge in [0, 0.05) is 18.2 Å². The number of Topliss-reactive ketones (excluding diaryl/α,β-unsaturated/α-hetero) is 3. The number of benzene rings is 1. The molecule has 21 heavy (non-hydrogen) atoms. The molecule has 2 atom stereocenters. The van der Waals surface area contributed by atoms with Crippen LogP contribution in [0.4, 0.5) is 0 Å². The standard InChI is InChI=1S/C14H13ClO5S/c1-21(19,20)11-5-3-2-4-8(11)13(17)9-6-7-10(16)12(15)14(9)18/h2-5,9,12H,6-7H2,1H3. The van der Waals surface area contributed by atoms with Gasteiger partial charge in [-0.15, -0.1) is 11.6 Å². The Morgan fingerprint density at radius 3 is 2.48 bits per heavy atom. The first-order valence-corrected chi connectivity index (χ1v) is 8.60. The summed E-state index contributed by atoms with van der Waals surface area (Å²) in [5.74, 6) is -2.71. The first kappa shape index (κ1) is 15.9. The van der Waals surface area contributed by atoms with Gasteiger partial charge in [-0.05, 0) is 12.5 Å². The van der Waals surface area contributed by atoms with Gasteiger partial charge in [-0.2, -0.15) is 0 Å². The van der Waals surface area contributed by atoms with Gasteiger partial charge < -0.3 is 0 Å². The Bertz CT molecular complexity index is 723. The van der Waals surface area contributed by atoms with E-state index in [2.05, 4.69) is 0 Å². The first-order valence-electron chi connectivity index (χ1n) is 6.27. The number of carbonyl (C=O) groups is 3. The lowest BCUT2D eigenvalue weighted by Gasteiger charge is -2.22. The Hall–Kier alpha value is -1.53. The molecular formula is C14H13ClO5S. The van der Waals surface area contributed by atoms with Gasteiger partial charge in [-0.25, -0.2) is 8.42 Å². The molecule has 0 bridgehead atoms. The smallest absolute Gasteiger partial charge is 0.176 e. The summed E-state index contributed by atoms with van der Waals surface area (Å²) in [6, 6.07) is 5.72. The van der Waals surface area contributed by atoms with Crippen LogP contribution < -0.4 is 0 Å². The summed E-state index contributed by atoms with van der Waals surface area (Å²) in [5, 5.41) is -1.32. The normalized spacial score (nSPS) is 23.1. The average molecular weight is 329 g/mol. The van der Waals surface area contributed by atoms with Crippen LogP contribution in [-0.4, -0.2) is 37.4 Å². The van der Waals surface area contributed by atoms with Gasteiger partial charge >= 0.3 is 0 Å². The zero-order valence-electron chi connectivity index (χ0n) is 11.2. The van der Waals surface area contributed by atoms with Gasteiger partial charge in [-0.3, -0.25) is 14.4 Å². The quantitative estimate of drug-likeness (QED) is 0.476. The number of carbonyl (C=O) groups excluding carboxylic acids is 3. The number of hydrogen-bond donors (Lipinski definition) is 0. The highest BCUT2D eigenvalue weighted by Gasteiger charge is 2.40. The van der Waals surface area contributed by atoms with Crippen molar-refractivity contribution >= 4 is 38.8 Å². The number of ketones is 3. The third kappa shape index (κ3) is 3.06. The maximum atomic E-state index is 12.5. The minimum atomic E-state index is -3.59. The fraction of sp³-hybridized carbons (Fsp3) is 0.357. The second-order valence-electron chi connectivity index (χ2n) is 4.96. The van der Waals surface area contributed by atoms with Gasteiger partial charge in [0.15, 0.2) is 32.6 Å². The molecule has 1 saturated carbocycles. The van der Waals surface area contributed by atoms with Crippen molar-refractivity contribution in [3.8, 4) is 0 Å². The van der Waals surface area contributed by atoms with E-state index in [0.29, 0.717) is 0 Å². The minimum absolute atomic E-state index is 0.0310. The second-order valence-corrected chi connectivity index (χ2v) is 7.38. The van der Waals surface area contributed by atoms with E-state index >= 15 is 0 Å². The van der Waals surface area contributed by atoms with E-state index in [1.807, 2.05) is 0 Å². The van der Waals surface area contributed by atoms with Crippen LogP contribution in [0.5, 0.6) is 0 Å². The SMILES string of the molecule is CS(=O)(=O)c1ccccc1C(=O)C1CCC(=O)C(Cl)C1=O. The van der Waals surface area contributed by atoms with Crippen molar-refractivity contribution in [3.63, 3.8) is 0 Å². The van der Waals surface area contributed by atoms with Crippen LogP contribution in [0.15, 0.2) is 29.2 Å². The Morgan fingerprint density at radius 2 is 1.86 bits per heavy atom. The molecule has 0 saturated heterocycles. The van der Waals surface area contributed by atoms with E-state index in [0.717, 1.165) is 6.26 Å². The Kier molecular flexibility index (Phi) is 4.30. The monoisotopic (exact) mass is 328 g/mol. The molecule has 0 aromatic heterocycles. The first-order chi connectivity index (χ1) is 9.73.